The molecule has 0 unspecified atom stereocenters. The van der Waals surface area contributed by atoms with Gasteiger partial charge in [0.1, 0.15) is 11.2 Å². The first kappa shape index (κ1) is 29.0. The molecule has 0 radical (unpaired) electrons. The average Bonchev–Trinajstić information content (AvgIpc) is 3.82. The molecule has 0 atom stereocenters. The molecule has 53 heavy (non-hydrogen) atoms. The number of hydrogen-bond donors (Lipinski definition) is 0. The molecule has 0 aliphatic heterocycles. The molecule has 2 nitrogen and oxygen atoms in total. The van der Waals surface area contributed by atoms with Gasteiger partial charge in [-0.2, -0.15) is 0 Å². The highest BCUT2D eigenvalue weighted by molar-refractivity contribution is 6.26. The minimum absolute atomic E-state index is 0.158. The fraction of sp³-hybridized carbons (Fsp3) is 0.0588. The molecule has 0 amide bonds. The lowest BCUT2D eigenvalue weighted by atomic mass is 9.82. The second-order valence-corrected chi connectivity index (χ2v) is 15.3. The van der Waals surface area contributed by atoms with E-state index in [0.717, 1.165) is 16.9 Å². The van der Waals surface area contributed by atoms with Gasteiger partial charge in [-0.1, -0.05) is 129 Å². The van der Waals surface area contributed by atoms with Crippen molar-refractivity contribution >= 4 is 76.1 Å². The lowest BCUT2D eigenvalue weighted by Crippen LogP contribution is -2.14. The first-order chi connectivity index (χ1) is 26.0. The second-order valence-electron chi connectivity index (χ2n) is 15.3. The van der Waals surface area contributed by atoms with Gasteiger partial charge in [-0.15, -0.1) is 0 Å². The van der Waals surface area contributed by atoms with Gasteiger partial charge in [0.25, 0.3) is 0 Å². The van der Waals surface area contributed by atoms with Crippen molar-refractivity contribution in [3.63, 3.8) is 0 Å². The van der Waals surface area contributed by atoms with Gasteiger partial charge in [-0.25, -0.2) is 0 Å². The summed E-state index contributed by atoms with van der Waals surface area (Å²) in [5.41, 5.74) is 13.1. The third-order valence-corrected chi connectivity index (χ3v) is 12.2. The molecule has 0 saturated heterocycles. The van der Waals surface area contributed by atoms with Crippen LogP contribution in [0.2, 0.25) is 0 Å². The predicted molar refractivity (Wildman–Crippen MR) is 224 cm³/mol. The van der Waals surface area contributed by atoms with Crippen molar-refractivity contribution in [3.05, 3.63) is 175 Å². The monoisotopic (exact) mass is 675 g/mol. The lowest BCUT2D eigenvalue weighted by molar-refractivity contribution is 0.647. The van der Waals surface area contributed by atoms with Crippen LogP contribution in [-0.2, 0) is 5.41 Å². The maximum atomic E-state index is 6.38. The van der Waals surface area contributed by atoms with Crippen molar-refractivity contribution in [3.8, 4) is 27.9 Å². The van der Waals surface area contributed by atoms with Gasteiger partial charge in [0.05, 0.1) is 11.0 Å². The zero-order chi connectivity index (χ0) is 35.0. The number of aromatic nitrogens is 1. The number of nitrogens with zero attached hydrogens (tertiary/aromatic N) is 1. The van der Waals surface area contributed by atoms with Gasteiger partial charge in [-0.3, -0.25) is 0 Å². The van der Waals surface area contributed by atoms with Crippen molar-refractivity contribution in [1.82, 2.24) is 4.57 Å². The van der Waals surface area contributed by atoms with Crippen LogP contribution in [0, 0.1) is 0 Å². The molecule has 0 bridgehead atoms. The van der Waals surface area contributed by atoms with E-state index in [-0.39, 0.29) is 5.41 Å². The third kappa shape index (κ3) is 3.82. The fourth-order valence-corrected chi connectivity index (χ4v) is 9.67. The maximum absolute atomic E-state index is 6.38. The van der Waals surface area contributed by atoms with Crippen LogP contribution >= 0.6 is 0 Å². The second kappa shape index (κ2) is 10.2. The Hall–Kier alpha value is -6.64. The first-order valence-corrected chi connectivity index (χ1v) is 18.5. The molecule has 0 saturated carbocycles. The fourth-order valence-electron chi connectivity index (χ4n) is 9.67. The molecular formula is C51H33NO. The van der Waals surface area contributed by atoms with Crippen LogP contribution < -0.4 is 0 Å². The average molecular weight is 676 g/mol. The molecule has 2 heterocycles. The van der Waals surface area contributed by atoms with E-state index in [1.165, 1.54) is 98.3 Å². The van der Waals surface area contributed by atoms with Crippen LogP contribution in [0.25, 0.3) is 104 Å². The number of benzene rings is 9. The minimum atomic E-state index is -0.158. The molecule has 248 valence electrons. The SMILES string of the molecule is CC1(C)c2cc3oc4ccccc4c3cc2-c2c1ccc1c2c2ccccc2n1-c1ccc(-c2ccc3c4ccccc4c4ccccc4c3c2)cc1. The Bertz CT molecular complexity index is 3320. The third-order valence-electron chi connectivity index (χ3n) is 12.2. The Morgan fingerprint density at radius 2 is 1.02 bits per heavy atom. The van der Waals surface area contributed by atoms with Crippen LogP contribution in [0.3, 0.4) is 0 Å². The number of fused-ring (bicyclic) bond motifs is 16. The maximum Gasteiger partial charge on any atom is 0.135 e. The smallest absolute Gasteiger partial charge is 0.135 e. The van der Waals surface area contributed by atoms with Gasteiger partial charge >= 0.3 is 0 Å². The van der Waals surface area contributed by atoms with Crippen LogP contribution in [-0.4, -0.2) is 4.57 Å². The summed E-state index contributed by atoms with van der Waals surface area (Å²) in [5, 5.41) is 12.7. The Kier molecular flexibility index (Phi) is 5.60. The number of furan rings is 1. The summed E-state index contributed by atoms with van der Waals surface area (Å²) in [4.78, 5) is 0. The summed E-state index contributed by atoms with van der Waals surface area (Å²) in [6, 6.07) is 60.4. The van der Waals surface area contributed by atoms with E-state index in [2.05, 4.69) is 176 Å². The minimum Gasteiger partial charge on any atom is -0.456 e. The Morgan fingerprint density at radius 3 is 1.75 bits per heavy atom. The zero-order valence-corrected chi connectivity index (χ0v) is 29.4. The quantitative estimate of drug-likeness (QED) is 0.167. The van der Waals surface area contributed by atoms with Crippen molar-refractivity contribution in [2.75, 3.05) is 0 Å². The summed E-state index contributed by atoms with van der Waals surface area (Å²) in [5.74, 6) is 0. The topological polar surface area (TPSA) is 18.1 Å². The van der Waals surface area contributed by atoms with Gasteiger partial charge in [-0.05, 0) is 114 Å². The molecule has 0 fully saturated rings. The largest absolute Gasteiger partial charge is 0.456 e. The van der Waals surface area contributed by atoms with Crippen LogP contribution in [0.4, 0.5) is 0 Å². The van der Waals surface area contributed by atoms with Crippen molar-refractivity contribution in [2.24, 2.45) is 0 Å². The standard InChI is InChI=1S/C51H33NO/c1-51(2)43-25-26-46-50(49(43)42-28-41-38-15-8-10-18-47(38)53-48(41)29-44(42)51)39-16-7-9-17-45(39)52(46)32-22-19-30(20-23-32)31-21-24-37-35-13-4-3-11-33(35)34-12-5-6-14-36(34)40(37)27-31/h3-29H,1-2H3. The van der Waals surface area contributed by atoms with Crippen LogP contribution in [0.1, 0.15) is 25.0 Å². The van der Waals surface area contributed by atoms with Gasteiger partial charge in [0.2, 0.25) is 0 Å². The van der Waals surface area contributed by atoms with E-state index >= 15 is 0 Å². The summed E-state index contributed by atoms with van der Waals surface area (Å²) in [6.45, 7) is 4.71. The van der Waals surface area contributed by atoms with E-state index in [1.54, 1.807) is 0 Å². The molecule has 0 N–H and O–H groups in total. The highest BCUT2D eigenvalue weighted by Gasteiger charge is 2.38. The Labute approximate surface area is 306 Å². The molecule has 11 aromatic rings. The molecular weight excluding hydrogens is 643 g/mol. The number of para-hydroxylation sites is 2. The highest BCUT2D eigenvalue weighted by Crippen LogP contribution is 2.54. The van der Waals surface area contributed by atoms with Crippen molar-refractivity contribution in [1.29, 1.82) is 0 Å². The summed E-state index contributed by atoms with van der Waals surface area (Å²) in [7, 11) is 0. The highest BCUT2D eigenvalue weighted by atomic mass is 16.3. The van der Waals surface area contributed by atoms with Crippen molar-refractivity contribution in [2.45, 2.75) is 19.3 Å². The van der Waals surface area contributed by atoms with E-state index < -0.39 is 0 Å². The molecule has 2 heteroatoms. The molecule has 0 spiro atoms. The molecule has 1 aliphatic rings. The zero-order valence-electron chi connectivity index (χ0n) is 29.4. The predicted octanol–water partition coefficient (Wildman–Crippen LogP) is 14.1. The van der Waals surface area contributed by atoms with E-state index in [1.807, 2.05) is 6.07 Å². The van der Waals surface area contributed by atoms with Crippen LogP contribution in [0.5, 0.6) is 0 Å². The lowest BCUT2D eigenvalue weighted by Gasteiger charge is -2.21. The molecule has 9 aromatic carbocycles. The number of hydrogen-bond acceptors (Lipinski definition) is 1. The molecule has 1 aliphatic carbocycles. The van der Waals surface area contributed by atoms with E-state index in [4.69, 9.17) is 4.42 Å². The van der Waals surface area contributed by atoms with Gasteiger partial charge in [0, 0.05) is 32.6 Å². The summed E-state index contributed by atoms with van der Waals surface area (Å²) < 4.78 is 8.83. The Morgan fingerprint density at radius 1 is 0.415 bits per heavy atom. The summed E-state index contributed by atoms with van der Waals surface area (Å²) in [6.07, 6.45) is 0. The summed E-state index contributed by atoms with van der Waals surface area (Å²) >= 11 is 0. The molecule has 2 aromatic heterocycles. The van der Waals surface area contributed by atoms with Gasteiger partial charge in [0.15, 0.2) is 0 Å². The van der Waals surface area contributed by atoms with Crippen LogP contribution in [0.15, 0.2) is 168 Å². The van der Waals surface area contributed by atoms with Crippen molar-refractivity contribution < 1.29 is 4.42 Å². The first-order valence-electron chi connectivity index (χ1n) is 18.5. The normalized spacial score (nSPS) is 13.6. The van der Waals surface area contributed by atoms with E-state index in [9.17, 15) is 0 Å². The molecule has 12 rings (SSSR count). The Balaban J connectivity index is 1.05. The van der Waals surface area contributed by atoms with Gasteiger partial charge < -0.3 is 8.98 Å². The van der Waals surface area contributed by atoms with E-state index in [0.29, 0.717) is 0 Å². The number of rotatable bonds is 2.